The molecule has 1 heteroatoms. The van der Waals surface area contributed by atoms with Crippen LogP contribution in [-0.4, -0.2) is 11.2 Å². The first-order valence-electron chi connectivity index (χ1n) is 13.0. The van der Waals surface area contributed by atoms with Crippen LogP contribution >= 0.6 is 0 Å². The summed E-state index contributed by atoms with van der Waals surface area (Å²) in [5.74, 6) is 4.40. The van der Waals surface area contributed by atoms with E-state index in [0.717, 1.165) is 42.4 Å². The van der Waals surface area contributed by atoms with Gasteiger partial charge in [0.1, 0.15) is 0 Å². The number of fused-ring (bicyclic) bond motifs is 5. The van der Waals surface area contributed by atoms with Gasteiger partial charge in [0.25, 0.3) is 0 Å². The molecule has 1 nitrogen and oxygen atoms in total. The highest BCUT2D eigenvalue weighted by Gasteiger charge is 2.63. The Balaban J connectivity index is 1.55. The molecule has 0 aliphatic heterocycles. The molecule has 0 spiro atoms. The fraction of sp³-hybridized carbons (Fsp3) is 0.929. The van der Waals surface area contributed by atoms with Crippen molar-refractivity contribution in [3.8, 4) is 0 Å². The Labute approximate surface area is 181 Å². The van der Waals surface area contributed by atoms with Crippen molar-refractivity contribution < 1.29 is 5.11 Å². The first-order valence-corrected chi connectivity index (χ1v) is 13.0. The molecule has 4 rings (SSSR count). The molecular formula is C28H48O. The van der Waals surface area contributed by atoms with E-state index in [1.807, 2.05) is 0 Å². The first-order chi connectivity index (χ1) is 13.6. The van der Waals surface area contributed by atoms with E-state index in [4.69, 9.17) is 0 Å². The van der Waals surface area contributed by atoms with Gasteiger partial charge in [0.2, 0.25) is 0 Å². The van der Waals surface area contributed by atoms with E-state index >= 15 is 0 Å². The van der Waals surface area contributed by atoms with E-state index in [1.54, 1.807) is 5.57 Å². The van der Waals surface area contributed by atoms with Crippen molar-refractivity contribution in [2.24, 2.45) is 45.8 Å². The Morgan fingerprint density at radius 2 is 1.69 bits per heavy atom. The SMILES string of the molecule is CC(C)CCC[C@@H](C)C1CC[C@H]2[C@]3(C)CC=C4C[C@@H](O)CC[C@]4(C)[C@H]3CC[C@]12C. The quantitative estimate of drug-likeness (QED) is 0.467. The smallest absolute Gasteiger partial charge is 0.0577 e. The van der Waals surface area contributed by atoms with Gasteiger partial charge in [0.15, 0.2) is 0 Å². The molecular weight excluding hydrogens is 352 g/mol. The van der Waals surface area contributed by atoms with Crippen LogP contribution in [0.5, 0.6) is 0 Å². The Hall–Kier alpha value is -0.300. The van der Waals surface area contributed by atoms with Crippen molar-refractivity contribution in [2.45, 2.75) is 118 Å². The molecule has 166 valence electrons. The molecule has 3 fully saturated rings. The van der Waals surface area contributed by atoms with Crippen molar-refractivity contribution in [2.75, 3.05) is 0 Å². The Kier molecular flexibility index (Phi) is 5.81. The largest absolute Gasteiger partial charge is 0.393 e. The fourth-order valence-electron chi connectivity index (χ4n) is 9.32. The predicted molar refractivity (Wildman–Crippen MR) is 124 cm³/mol. The monoisotopic (exact) mass is 400 g/mol. The number of allylic oxidation sites excluding steroid dienone is 1. The lowest BCUT2D eigenvalue weighted by Crippen LogP contribution is -2.56. The number of rotatable bonds is 5. The molecule has 0 aromatic carbocycles. The third kappa shape index (κ3) is 3.46. The van der Waals surface area contributed by atoms with Crippen LogP contribution in [0.15, 0.2) is 11.6 Å². The number of hydrogen-bond donors (Lipinski definition) is 1. The minimum absolute atomic E-state index is 0.0879. The van der Waals surface area contributed by atoms with Crippen LogP contribution in [0.4, 0.5) is 0 Å². The first kappa shape index (κ1) is 21.9. The van der Waals surface area contributed by atoms with Gasteiger partial charge in [-0.25, -0.2) is 0 Å². The van der Waals surface area contributed by atoms with Gasteiger partial charge < -0.3 is 5.11 Å². The average molecular weight is 401 g/mol. The fourth-order valence-corrected chi connectivity index (χ4v) is 9.32. The second-order valence-electron chi connectivity index (χ2n) is 12.9. The predicted octanol–water partition coefficient (Wildman–Crippen LogP) is 7.78. The molecule has 0 aromatic rings. The van der Waals surface area contributed by atoms with Gasteiger partial charge in [-0.05, 0) is 97.2 Å². The summed E-state index contributed by atoms with van der Waals surface area (Å²) in [4.78, 5) is 0. The van der Waals surface area contributed by atoms with Crippen molar-refractivity contribution in [1.82, 2.24) is 0 Å². The highest BCUT2D eigenvalue weighted by Crippen LogP contribution is 2.71. The second-order valence-corrected chi connectivity index (χ2v) is 12.9. The average Bonchev–Trinajstić information content (AvgIpc) is 3.00. The zero-order chi connectivity index (χ0) is 21.0. The van der Waals surface area contributed by atoms with Crippen LogP contribution in [0.1, 0.15) is 112 Å². The molecule has 3 saturated carbocycles. The third-order valence-electron chi connectivity index (χ3n) is 10.8. The van der Waals surface area contributed by atoms with Gasteiger partial charge >= 0.3 is 0 Å². The molecule has 8 atom stereocenters. The van der Waals surface area contributed by atoms with Crippen molar-refractivity contribution in [1.29, 1.82) is 0 Å². The lowest BCUT2D eigenvalue weighted by atomic mass is 9.41. The maximum atomic E-state index is 10.3. The lowest BCUT2D eigenvalue weighted by molar-refractivity contribution is -0.114. The lowest BCUT2D eigenvalue weighted by Gasteiger charge is -2.63. The summed E-state index contributed by atoms with van der Waals surface area (Å²) in [6, 6.07) is 0. The molecule has 29 heavy (non-hydrogen) atoms. The Morgan fingerprint density at radius 1 is 0.931 bits per heavy atom. The van der Waals surface area contributed by atoms with Crippen molar-refractivity contribution in [3.63, 3.8) is 0 Å². The van der Waals surface area contributed by atoms with E-state index in [9.17, 15) is 5.11 Å². The van der Waals surface area contributed by atoms with Gasteiger partial charge in [-0.1, -0.05) is 72.5 Å². The second kappa shape index (κ2) is 7.68. The molecule has 4 aliphatic rings. The zero-order valence-corrected chi connectivity index (χ0v) is 20.3. The summed E-state index contributed by atoms with van der Waals surface area (Å²) >= 11 is 0. The van der Waals surface area contributed by atoms with Gasteiger partial charge in [-0.3, -0.25) is 0 Å². The molecule has 0 aromatic heterocycles. The normalized spacial score (nSPS) is 47.9. The molecule has 1 unspecified atom stereocenters. The topological polar surface area (TPSA) is 20.2 Å². The Bertz CT molecular complexity index is 634. The van der Waals surface area contributed by atoms with Crippen LogP contribution in [0.25, 0.3) is 0 Å². The molecule has 0 amide bonds. The van der Waals surface area contributed by atoms with E-state index in [-0.39, 0.29) is 6.10 Å². The highest BCUT2D eigenvalue weighted by atomic mass is 16.3. The summed E-state index contributed by atoms with van der Waals surface area (Å²) in [5, 5.41) is 10.3. The highest BCUT2D eigenvalue weighted by molar-refractivity contribution is 5.28. The van der Waals surface area contributed by atoms with Crippen LogP contribution in [0.3, 0.4) is 0 Å². The number of aliphatic hydroxyl groups is 1. The van der Waals surface area contributed by atoms with Crippen LogP contribution in [0.2, 0.25) is 0 Å². The van der Waals surface area contributed by atoms with Crippen molar-refractivity contribution >= 4 is 0 Å². The molecule has 0 heterocycles. The van der Waals surface area contributed by atoms with Crippen LogP contribution in [-0.2, 0) is 0 Å². The van der Waals surface area contributed by atoms with E-state index in [0.29, 0.717) is 16.2 Å². The summed E-state index contributed by atoms with van der Waals surface area (Å²) < 4.78 is 0. The van der Waals surface area contributed by atoms with Gasteiger partial charge in [-0.2, -0.15) is 0 Å². The standard InChI is InChI=1S/C28H48O/c1-19(2)8-7-9-20(3)23-10-11-24-27(23,5)17-14-25-26(4)16-13-22(29)18-21(26)12-15-28(24,25)6/h12,19-20,22-25,29H,7-11,13-18H2,1-6H3/t20-,22+,23?,24-,25-,26+,27-,28+/m1/s1. The van der Waals surface area contributed by atoms with E-state index < -0.39 is 0 Å². The van der Waals surface area contributed by atoms with Crippen LogP contribution in [0, 0.1) is 45.8 Å². The van der Waals surface area contributed by atoms with Crippen LogP contribution < -0.4 is 0 Å². The van der Waals surface area contributed by atoms with Crippen molar-refractivity contribution in [3.05, 3.63) is 11.6 Å². The molecule has 1 N–H and O–H groups in total. The summed E-state index contributed by atoms with van der Waals surface area (Å²) in [6.45, 7) is 15.3. The zero-order valence-electron chi connectivity index (χ0n) is 20.3. The minimum Gasteiger partial charge on any atom is -0.393 e. The Morgan fingerprint density at radius 3 is 2.41 bits per heavy atom. The maximum Gasteiger partial charge on any atom is 0.0577 e. The summed E-state index contributed by atoms with van der Waals surface area (Å²) in [5.41, 5.74) is 2.99. The third-order valence-corrected chi connectivity index (χ3v) is 10.8. The molecule has 0 saturated heterocycles. The van der Waals surface area contributed by atoms with Gasteiger partial charge in [-0.15, -0.1) is 0 Å². The number of hydrogen-bond acceptors (Lipinski definition) is 1. The number of aliphatic hydroxyl groups excluding tert-OH is 1. The van der Waals surface area contributed by atoms with Gasteiger partial charge in [0, 0.05) is 0 Å². The summed E-state index contributed by atoms with van der Waals surface area (Å²) in [7, 11) is 0. The van der Waals surface area contributed by atoms with E-state index in [1.165, 1.54) is 57.8 Å². The summed E-state index contributed by atoms with van der Waals surface area (Å²) in [6.07, 6.45) is 17.0. The molecule has 4 aliphatic carbocycles. The molecule has 0 bridgehead atoms. The maximum absolute atomic E-state index is 10.3. The van der Waals surface area contributed by atoms with Gasteiger partial charge in [0.05, 0.1) is 6.10 Å². The van der Waals surface area contributed by atoms with E-state index in [2.05, 4.69) is 47.6 Å². The minimum atomic E-state index is -0.0879. The molecule has 0 radical (unpaired) electrons.